The van der Waals surface area contributed by atoms with Crippen LogP contribution in [-0.2, 0) is 4.74 Å². The van der Waals surface area contributed by atoms with Crippen molar-refractivity contribution >= 4 is 34.8 Å². The molecule has 134 valence electrons. The Morgan fingerprint density at radius 1 is 1.12 bits per heavy atom. The number of pyridine rings is 1. The van der Waals surface area contributed by atoms with Crippen LogP contribution < -0.4 is 10.1 Å². The van der Waals surface area contributed by atoms with Gasteiger partial charge < -0.3 is 14.8 Å². The van der Waals surface area contributed by atoms with E-state index < -0.39 is 0 Å². The molecule has 2 rings (SSSR count). The first-order valence-corrected chi connectivity index (χ1v) is 8.49. The lowest BCUT2D eigenvalue weighted by Crippen LogP contribution is -2.22. The summed E-state index contributed by atoms with van der Waals surface area (Å²) in [5, 5.41) is 3.61. The Morgan fingerprint density at radius 2 is 1.80 bits per heavy atom. The number of anilines is 1. The fourth-order valence-electron chi connectivity index (χ4n) is 1.92. The van der Waals surface area contributed by atoms with Crippen molar-refractivity contribution in [2.45, 2.75) is 26.4 Å². The van der Waals surface area contributed by atoms with Gasteiger partial charge in [-0.1, -0.05) is 23.2 Å². The van der Waals surface area contributed by atoms with Gasteiger partial charge in [-0.2, -0.15) is 0 Å². The van der Waals surface area contributed by atoms with E-state index in [0.717, 1.165) is 0 Å². The summed E-state index contributed by atoms with van der Waals surface area (Å²) in [5.74, 6) is 0.119. The molecule has 0 saturated carbocycles. The highest BCUT2D eigenvalue weighted by Crippen LogP contribution is 2.23. The fraction of sp³-hybridized carbons (Fsp3) is 0.333. The Bertz CT molecular complexity index is 708. The number of aromatic nitrogens is 1. The molecule has 1 amide bonds. The number of rotatable bonds is 6. The average molecular weight is 383 g/mol. The van der Waals surface area contributed by atoms with E-state index >= 15 is 0 Å². The third-order valence-electron chi connectivity index (χ3n) is 2.99. The summed E-state index contributed by atoms with van der Waals surface area (Å²) >= 11 is 11.8. The number of nitrogens with zero attached hydrogens (tertiary/aromatic N) is 1. The molecule has 25 heavy (non-hydrogen) atoms. The van der Waals surface area contributed by atoms with Crippen molar-refractivity contribution in [1.29, 1.82) is 0 Å². The average Bonchev–Trinajstić information content (AvgIpc) is 2.50. The number of ether oxygens (including phenoxy) is 2. The van der Waals surface area contributed by atoms with Crippen molar-refractivity contribution in [3.8, 4) is 5.88 Å². The quantitative estimate of drug-likeness (QED) is 0.726. The van der Waals surface area contributed by atoms with Gasteiger partial charge in [0.05, 0.1) is 17.8 Å². The van der Waals surface area contributed by atoms with Crippen molar-refractivity contribution in [3.63, 3.8) is 0 Å². The Kier molecular flexibility index (Phi) is 6.64. The maximum atomic E-state index is 12.2. The summed E-state index contributed by atoms with van der Waals surface area (Å²) in [5.41, 5.74) is 0.707. The highest BCUT2D eigenvalue weighted by molar-refractivity contribution is 6.35. The zero-order valence-electron chi connectivity index (χ0n) is 14.3. The molecular weight excluding hydrogens is 363 g/mol. The predicted molar refractivity (Wildman–Crippen MR) is 99.9 cm³/mol. The number of nitrogens with one attached hydrogen (secondary N) is 1. The molecule has 0 saturated heterocycles. The lowest BCUT2D eigenvalue weighted by Gasteiger charge is -2.19. The van der Waals surface area contributed by atoms with E-state index in [2.05, 4.69) is 10.3 Å². The number of carbonyl (C=O) groups is 1. The summed E-state index contributed by atoms with van der Waals surface area (Å²) in [6.45, 7) is 6.78. The highest BCUT2D eigenvalue weighted by Gasteiger charge is 2.10. The standard InChI is InChI=1S/C18H20Cl2N2O3/c1-18(2,3)25-7-6-24-16-5-4-12(11-21-16)17(23)22-15-9-13(19)8-14(20)10-15/h4-5,8-11H,6-7H2,1-3H3,(H,22,23). The third-order valence-corrected chi connectivity index (χ3v) is 3.42. The van der Waals surface area contributed by atoms with Crippen LogP contribution in [-0.4, -0.2) is 29.7 Å². The first kappa shape index (κ1) is 19.5. The van der Waals surface area contributed by atoms with E-state index in [9.17, 15) is 4.79 Å². The number of hydrogen-bond acceptors (Lipinski definition) is 4. The van der Waals surface area contributed by atoms with Crippen molar-refractivity contribution in [3.05, 3.63) is 52.1 Å². The van der Waals surface area contributed by atoms with E-state index in [4.69, 9.17) is 32.7 Å². The fourth-order valence-corrected chi connectivity index (χ4v) is 2.45. The largest absolute Gasteiger partial charge is 0.475 e. The summed E-state index contributed by atoms with van der Waals surface area (Å²) < 4.78 is 11.0. The molecule has 0 bridgehead atoms. The summed E-state index contributed by atoms with van der Waals surface area (Å²) in [7, 11) is 0. The first-order chi connectivity index (χ1) is 11.7. The van der Waals surface area contributed by atoms with Crippen molar-refractivity contribution in [2.24, 2.45) is 0 Å². The Hall–Kier alpha value is -1.82. The van der Waals surface area contributed by atoms with Crippen LogP contribution in [0, 0.1) is 0 Å². The topological polar surface area (TPSA) is 60.5 Å². The van der Waals surface area contributed by atoms with Crippen LogP contribution in [0.4, 0.5) is 5.69 Å². The van der Waals surface area contributed by atoms with Gasteiger partial charge >= 0.3 is 0 Å². The maximum Gasteiger partial charge on any atom is 0.257 e. The van der Waals surface area contributed by atoms with Crippen molar-refractivity contribution in [1.82, 2.24) is 4.98 Å². The Morgan fingerprint density at radius 3 is 2.36 bits per heavy atom. The minimum atomic E-state index is -0.312. The van der Waals surface area contributed by atoms with Crippen LogP contribution >= 0.6 is 23.2 Å². The molecule has 1 aromatic carbocycles. The molecule has 0 spiro atoms. The molecule has 0 atom stereocenters. The first-order valence-electron chi connectivity index (χ1n) is 7.73. The van der Waals surface area contributed by atoms with Gasteiger partial charge in [-0.05, 0) is 45.0 Å². The zero-order chi connectivity index (χ0) is 18.4. The molecule has 1 N–H and O–H groups in total. The molecule has 0 aliphatic carbocycles. The van der Waals surface area contributed by atoms with Gasteiger partial charge in [-0.25, -0.2) is 4.98 Å². The van der Waals surface area contributed by atoms with Gasteiger partial charge in [0.2, 0.25) is 5.88 Å². The second-order valence-electron chi connectivity index (χ2n) is 6.31. The minimum absolute atomic E-state index is 0.206. The van der Waals surface area contributed by atoms with E-state index in [-0.39, 0.29) is 11.5 Å². The summed E-state index contributed by atoms with van der Waals surface area (Å²) in [4.78, 5) is 16.3. The lowest BCUT2D eigenvalue weighted by molar-refractivity contribution is -0.0168. The number of benzene rings is 1. The summed E-state index contributed by atoms with van der Waals surface area (Å²) in [6.07, 6.45) is 1.45. The van der Waals surface area contributed by atoms with Crippen LogP contribution in [0.25, 0.3) is 0 Å². The van der Waals surface area contributed by atoms with E-state index in [1.807, 2.05) is 20.8 Å². The van der Waals surface area contributed by atoms with Crippen molar-refractivity contribution < 1.29 is 14.3 Å². The normalized spacial score (nSPS) is 11.2. The van der Waals surface area contributed by atoms with Crippen molar-refractivity contribution in [2.75, 3.05) is 18.5 Å². The van der Waals surface area contributed by atoms with E-state index in [1.165, 1.54) is 6.20 Å². The van der Waals surface area contributed by atoms with Gasteiger partial charge in [0, 0.05) is 28.0 Å². The zero-order valence-corrected chi connectivity index (χ0v) is 15.8. The predicted octanol–water partition coefficient (Wildman–Crippen LogP) is 4.83. The van der Waals surface area contributed by atoms with E-state index in [1.54, 1.807) is 30.3 Å². The molecule has 1 heterocycles. The monoisotopic (exact) mass is 382 g/mol. The van der Waals surface area contributed by atoms with Crippen LogP contribution in [0.3, 0.4) is 0 Å². The summed E-state index contributed by atoms with van der Waals surface area (Å²) in [6, 6.07) is 8.10. The molecule has 0 radical (unpaired) electrons. The minimum Gasteiger partial charge on any atom is -0.475 e. The molecule has 5 nitrogen and oxygen atoms in total. The van der Waals surface area contributed by atoms with Gasteiger partial charge in [-0.3, -0.25) is 4.79 Å². The highest BCUT2D eigenvalue weighted by atomic mass is 35.5. The molecule has 0 fully saturated rings. The molecule has 2 aromatic rings. The van der Waals surface area contributed by atoms with E-state index in [0.29, 0.717) is 40.4 Å². The molecular formula is C18H20Cl2N2O3. The Labute approximate surface area is 157 Å². The Balaban J connectivity index is 1.89. The molecule has 0 aliphatic heterocycles. The molecule has 0 unspecified atom stereocenters. The van der Waals surface area contributed by atoms with Gasteiger partial charge in [0.15, 0.2) is 0 Å². The van der Waals surface area contributed by atoms with Crippen LogP contribution in [0.15, 0.2) is 36.5 Å². The molecule has 0 aliphatic rings. The SMILES string of the molecule is CC(C)(C)OCCOc1ccc(C(=O)Nc2cc(Cl)cc(Cl)c2)cn1. The van der Waals surface area contributed by atoms with Crippen LogP contribution in [0.1, 0.15) is 31.1 Å². The maximum absolute atomic E-state index is 12.2. The third kappa shape index (κ3) is 6.90. The van der Waals surface area contributed by atoms with Gasteiger partial charge in [0.25, 0.3) is 5.91 Å². The second-order valence-corrected chi connectivity index (χ2v) is 7.18. The van der Waals surface area contributed by atoms with Gasteiger partial charge in [0.1, 0.15) is 6.61 Å². The number of halogens is 2. The van der Waals surface area contributed by atoms with Gasteiger partial charge in [-0.15, -0.1) is 0 Å². The number of carbonyl (C=O) groups excluding carboxylic acids is 1. The molecule has 7 heteroatoms. The molecule has 1 aromatic heterocycles. The van der Waals surface area contributed by atoms with Crippen LogP contribution in [0.5, 0.6) is 5.88 Å². The lowest BCUT2D eigenvalue weighted by atomic mass is 10.2. The number of amides is 1. The number of hydrogen-bond donors (Lipinski definition) is 1. The second kappa shape index (κ2) is 8.52. The van der Waals surface area contributed by atoms with Crippen LogP contribution in [0.2, 0.25) is 10.0 Å². The smallest absolute Gasteiger partial charge is 0.257 e.